The lowest BCUT2D eigenvalue weighted by molar-refractivity contribution is 0.543. The van der Waals surface area contributed by atoms with E-state index >= 15 is 0 Å². The van der Waals surface area contributed by atoms with Crippen LogP contribution in [0, 0.1) is 0 Å². The van der Waals surface area contributed by atoms with Gasteiger partial charge in [-0.05, 0) is 30.2 Å². The van der Waals surface area contributed by atoms with Crippen LogP contribution in [-0.4, -0.2) is 23.0 Å². The minimum absolute atomic E-state index is 0.285. The third-order valence-corrected chi connectivity index (χ3v) is 51.0. The zero-order valence-corrected chi connectivity index (χ0v) is 28.9. The lowest BCUT2D eigenvalue weighted by Crippen LogP contribution is -2.86. The average Bonchev–Trinajstić information content (AvgIpc) is 2.47. The summed E-state index contributed by atoms with van der Waals surface area (Å²) in [7, 11) is -5.13. The molecule has 0 heterocycles. The Hall–Kier alpha value is -0.129. The molecule has 3 heteroatoms. The van der Waals surface area contributed by atoms with Crippen molar-refractivity contribution in [3.8, 4) is 0 Å². The van der Waals surface area contributed by atoms with Gasteiger partial charge >= 0.3 is 0 Å². The van der Waals surface area contributed by atoms with Crippen molar-refractivity contribution in [2.45, 2.75) is 155 Å². The molecule has 33 heavy (non-hydrogen) atoms. The molecule has 0 N–H and O–H groups in total. The van der Waals surface area contributed by atoms with Crippen LogP contribution >= 0.6 is 0 Å². The minimum Gasteiger partial charge on any atom is -0.0669 e. The Morgan fingerprint density at radius 3 is 0.788 bits per heavy atom. The summed E-state index contributed by atoms with van der Waals surface area (Å²) >= 11 is 0. The van der Waals surface area contributed by atoms with Crippen LogP contribution in [-0.2, 0) is 0 Å². The van der Waals surface area contributed by atoms with Gasteiger partial charge in [-0.25, -0.2) is 0 Å². The quantitative estimate of drug-likeness (QED) is 0.360. The first-order valence-corrected chi connectivity index (χ1v) is 20.7. The summed E-state index contributed by atoms with van der Waals surface area (Å²) in [4.78, 5) is 0. The maximum absolute atomic E-state index is 2.62. The molecule has 0 spiro atoms. The lowest BCUT2D eigenvalue weighted by Gasteiger charge is -2.72. The number of rotatable bonds is 3. The van der Waals surface area contributed by atoms with Crippen molar-refractivity contribution in [3.05, 3.63) is 30.3 Å². The highest BCUT2D eigenvalue weighted by atomic mass is 29.6. The van der Waals surface area contributed by atoms with E-state index in [4.69, 9.17) is 0 Å². The Balaban J connectivity index is 4.71. The van der Waals surface area contributed by atoms with E-state index in [1.165, 1.54) is 0 Å². The first-order chi connectivity index (χ1) is 14.2. The standard InChI is InChI=1S/C30H59Si3/c1-25(2,3)32(26(4,5)6,27(7,8)9)31(24-22-20-19-21-23-24)33(28(10,11)12,29(13,14)15)30(16,17)18/h19-23H,1-18H3. The summed E-state index contributed by atoms with van der Waals surface area (Å²) in [6.07, 6.45) is 0. The summed E-state index contributed by atoms with van der Waals surface area (Å²) in [6.45, 7) is 47.2. The second-order valence-electron chi connectivity index (χ2n) is 16.7. The van der Waals surface area contributed by atoms with Gasteiger partial charge in [0.15, 0.2) is 0 Å². The van der Waals surface area contributed by atoms with Crippen molar-refractivity contribution in [3.63, 3.8) is 0 Å². The van der Waals surface area contributed by atoms with Crippen molar-refractivity contribution >= 4 is 28.2 Å². The zero-order chi connectivity index (χ0) is 26.7. The molecule has 0 aliphatic carbocycles. The molecule has 0 unspecified atom stereocenters. The van der Waals surface area contributed by atoms with Gasteiger partial charge in [-0.15, -0.1) is 0 Å². The van der Waals surface area contributed by atoms with Crippen LogP contribution in [0.2, 0.25) is 30.2 Å². The van der Waals surface area contributed by atoms with Crippen LogP contribution in [0.15, 0.2) is 30.3 Å². The molecule has 0 aliphatic rings. The average molecular weight is 504 g/mol. The summed E-state index contributed by atoms with van der Waals surface area (Å²) < 4.78 is 0. The molecule has 0 bridgehead atoms. The molecule has 191 valence electrons. The highest BCUT2D eigenvalue weighted by Crippen LogP contribution is 2.71. The Bertz CT molecular complexity index is 657. The van der Waals surface area contributed by atoms with Gasteiger partial charge in [0, 0.05) is 0 Å². The van der Waals surface area contributed by atoms with E-state index in [0.717, 1.165) is 0 Å². The summed E-state index contributed by atoms with van der Waals surface area (Å²) in [6, 6.07) is 12.0. The highest BCUT2D eigenvalue weighted by Gasteiger charge is 2.75. The van der Waals surface area contributed by atoms with Crippen molar-refractivity contribution in [1.82, 2.24) is 0 Å². The topological polar surface area (TPSA) is 0 Å². The fourth-order valence-electron chi connectivity index (χ4n) is 10.3. The maximum atomic E-state index is 2.62. The summed E-state index contributed by atoms with van der Waals surface area (Å²) in [5, 5.41) is 3.43. The Kier molecular flexibility index (Phi) is 8.21. The van der Waals surface area contributed by atoms with Gasteiger partial charge in [-0.1, -0.05) is 160 Å². The molecule has 0 amide bonds. The molecular formula is C30H59Si3. The van der Waals surface area contributed by atoms with Crippen molar-refractivity contribution in [2.24, 2.45) is 0 Å². The third-order valence-electron chi connectivity index (χ3n) is 8.56. The number of hydrogen-bond donors (Lipinski definition) is 0. The first-order valence-electron chi connectivity index (χ1n) is 13.2. The molecule has 0 fully saturated rings. The van der Waals surface area contributed by atoms with Crippen molar-refractivity contribution in [1.29, 1.82) is 0 Å². The summed E-state index contributed by atoms with van der Waals surface area (Å²) in [5.41, 5.74) is 0. The molecule has 0 saturated heterocycles. The van der Waals surface area contributed by atoms with Crippen LogP contribution in [0.3, 0.4) is 0 Å². The molecular weight excluding hydrogens is 445 g/mol. The van der Waals surface area contributed by atoms with E-state index in [1.54, 1.807) is 5.19 Å². The summed E-state index contributed by atoms with van der Waals surface area (Å²) in [5.74, 6) is 0. The van der Waals surface area contributed by atoms with Gasteiger partial charge in [-0.3, -0.25) is 0 Å². The fourth-order valence-corrected chi connectivity index (χ4v) is 74.4. The minimum atomic E-state index is -2.07. The van der Waals surface area contributed by atoms with E-state index in [0.29, 0.717) is 0 Å². The molecule has 0 nitrogen and oxygen atoms in total. The van der Waals surface area contributed by atoms with E-state index in [-0.39, 0.29) is 30.2 Å². The first kappa shape index (κ1) is 30.9. The molecule has 1 aromatic carbocycles. The van der Waals surface area contributed by atoms with Crippen LogP contribution in [0.5, 0.6) is 0 Å². The molecule has 0 aromatic heterocycles. The monoisotopic (exact) mass is 503 g/mol. The predicted molar refractivity (Wildman–Crippen MR) is 162 cm³/mol. The normalized spacial score (nSPS) is 15.8. The fraction of sp³-hybridized carbons (Fsp3) is 0.800. The highest BCUT2D eigenvalue weighted by molar-refractivity contribution is 7.68. The maximum Gasteiger partial charge on any atom is 0.0743 e. The van der Waals surface area contributed by atoms with Crippen LogP contribution in [0.1, 0.15) is 125 Å². The molecule has 0 atom stereocenters. The third kappa shape index (κ3) is 4.69. The molecule has 1 rings (SSSR count). The van der Waals surface area contributed by atoms with Crippen LogP contribution in [0.4, 0.5) is 0 Å². The lowest BCUT2D eigenvalue weighted by atomic mass is 10.2. The number of benzene rings is 1. The Labute approximate surface area is 213 Å². The molecule has 0 saturated carbocycles. The van der Waals surface area contributed by atoms with Crippen LogP contribution < -0.4 is 5.19 Å². The van der Waals surface area contributed by atoms with Gasteiger partial charge in [0.05, 0.1) is 23.0 Å². The molecule has 0 aliphatic heterocycles. The largest absolute Gasteiger partial charge is 0.0743 e. The van der Waals surface area contributed by atoms with E-state index in [1.807, 2.05) is 0 Å². The SMILES string of the molecule is CC(C)(C)[Si]([Si](c1ccccc1)[Si](C(C)(C)C)(C(C)(C)C)C(C)(C)C)(C(C)(C)C)C(C)(C)C. The van der Waals surface area contributed by atoms with Gasteiger partial charge in [-0.2, -0.15) is 0 Å². The Morgan fingerprint density at radius 2 is 0.606 bits per heavy atom. The zero-order valence-electron chi connectivity index (χ0n) is 25.9. The second kappa shape index (κ2) is 8.76. The van der Waals surface area contributed by atoms with E-state index in [9.17, 15) is 0 Å². The van der Waals surface area contributed by atoms with Crippen molar-refractivity contribution in [2.75, 3.05) is 0 Å². The molecule has 1 radical (unpaired) electrons. The Morgan fingerprint density at radius 1 is 0.394 bits per heavy atom. The van der Waals surface area contributed by atoms with E-state index in [2.05, 4.69) is 155 Å². The van der Waals surface area contributed by atoms with Crippen LogP contribution in [0.25, 0.3) is 0 Å². The second-order valence-corrected chi connectivity index (χ2v) is 39.1. The molecule has 1 aromatic rings. The van der Waals surface area contributed by atoms with Crippen molar-refractivity contribution < 1.29 is 0 Å². The number of hydrogen-bond acceptors (Lipinski definition) is 0. The van der Waals surface area contributed by atoms with Gasteiger partial charge in [0.1, 0.15) is 0 Å². The van der Waals surface area contributed by atoms with Gasteiger partial charge < -0.3 is 0 Å². The predicted octanol–water partition coefficient (Wildman–Crippen LogP) is 10.2. The van der Waals surface area contributed by atoms with Gasteiger partial charge in [0.2, 0.25) is 0 Å². The van der Waals surface area contributed by atoms with E-state index < -0.39 is 23.0 Å². The smallest absolute Gasteiger partial charge is 0.0669 e. The van der Waals surface area contributed by atoms with Gasteiger partial charge in [0.25, 0.3) is 0 Å².